The molecule has 17 heavy (non-hydrogen) atoms. The third-order valence-electron chi connectivity index (χ3n) is 2.74. The van der Waals surface area contributed by atoms with E-state index in [1.54, 1.807) is 22.7 Å². The van der Waals surface area contributed by atoms with Gasteiger partial charge in [0.25, 0.3) is 0 Å². The van der Waals surface area contributed by atoms with E-state index in [0.717, 1.165) is 6.42 Å². The maximum Gasteiger partial charge on any atom is 0.0934 e. The molecule has 0 aliphatic rings. The minimum Gasteiger partial charge on any atom is -0.253 e. The molecule has 92 valence electrons. The van der Waals surface area contributed by atoms with Gasteiger partial charge in [0.1, 0.15) is 0 Å². The van der Waals surface area contributed by atoms with Gasteiger partial charge in [-0.2, -0.15) is 0 Å². The molecule has 0 aromatic carbocycles. The average Bonchev–Trinajstić information content (AvgIpc) is 2.85. The minimum absolute atomic E-state index is 0.155. The van der Waals surface area contributed by atoms with E-state index in [1.165, 1.54) is 15.6 Å². The summed E-state index contributed by atoms with van der Waals surface area (Å²) in [5.74, 6) is 0.515. The third kappa shape index (κ3) is 3.13. The molecule has 0 amide bonds. The average molecular weight is 266 g/mol. The molecule has 0 bridgehead atoms. The standard InChI is InChI=1S/C13H18N2S2/c1-9(10-6-14-8-17-10)5-12-15-11(7-16-12)13(2,3)4/h6-9H,5H2,1-4H3. The van der Waals surface area contributed by atoms with E-state index in [2.05, 4.69) is 38.1 Å². The van der Waals surface area contributed by atoms with E-state index >= 15 is 0 Å². The van der Waals surface area contributed by atoms with Crippen molar-refractivity contribution < 1.29 is 0 Å². The number of thiazole rings is 2. The van der Waals surface area contributed by atoms with Crippen LogP contribution in [0.2, 0.25) is 0 Å². The van der Waals surface area contributed by atoms with Gasteiger partial charge in [-0.15, -0.1) is 22.7 Å². The molecule has 2 aromatic rings. The Morgan fingerprint density at radius 2 is 2.06 bits per heavy atom. The first-order valence-corrected chi connectivity index (χ1v) is 7.56. The monoisotopic (exact) mass is 266 g/mol. The van der Waals surface area contributed by atoms with Gasteiger partial charge in [-0.05, 0) is 5.92 Å². The summed E-state index contributed by atoms with van der Waals surface area (Å²) in [4.78, 5) is 10.2. The van der Waals surface area contributed by atoms with Crippen molar-refractivity contribution in [1.82, 2.24) is 9.97 Å². The van der Waals surface area contributed by atoms with Gasteiger partial charge in [-0.25, -0.2) is 4.98 Å². The highest BCUT2D eigenvalue weighted by Gasteiger charge is 2.18. The van der Waals surface area contributed by atoms with Gasteiger partial charge in [0.05, 0.1) is 16.2 Å². The quantitative estimate of drug-likeness (QED) is 0.830. The number of hydrogen-bond acceptors (Lipinski definition) is 4. The Balaban J connectivity index is 2.07. The number of hydrogen-bond donors (Lipinski definition) is 0. The van der Waals surface area contributed by atoms with Crippen LogP contribution in [0.15, 0.2) is 17.1 Å². The van der Waals surface area contributed by atoms with Crippen LogP contribution in [0.4, 0.5) is 0 Å². The van der Waals surface area contributed by atoms with Gasteiger partial charge < -0.3 is 0 Å². The summed E-state index contributed by atoms with van der Waals surface area (Å²) in [6.45, 7) is 8.86. The van der Waals surface area contributed by atoms with Crippen LogP contribution in [0.3, 0.4) is 0 Å². The van der Waals surface area contributed by atoms with E-state index in [-0.39, 0.29) is 5.41 Å². The number of rotatable bonds is 3. The van der Waals surface area contributed by atoms with Gasteiger partial charge >= 0.3 is 0 Å². The Hall–Kier alpha value is -0.740. The maximum atomic E-state index is 4.73. The normalized spacial score (nSPS) is 13.9. The van der Waals surface area contributed by atoms with E-state index < -0.39 is 0 Å². The fraction of sp³-hybridized carbons (Fsp3) is 0.538. The summed E-state index contributed by atoms with van der Waals surface area (Å²) in [5.41, 5.74) is 3.26. The molecular weight excluding hydrogens is 248 g/mol. The summed E-state index contributed by atoms with van der Waals surface area (Å²) in [6, 6.07) is 0. The molecule has 2 nitrogen and oxygen atoms in total. The van der Waals surface area contributed by atoms with Gasteiger partial charge in [0.2, 0.25) is 0 Å². The number of nitrogens with zero attached hydrogens (tertiary/aromatic N) is 2. The molecule has 2 rings (SSSR count). The fourth-order valence-corrected chi connectivity index (χ4v) is 3.41. The van der Waals surface area contributed by atoms with Crippen molar-refractivity contribution in [2.45, 2.75) is 45.4 Å². The Bertz CT molecular complexity index is 466. The number of aromatic nitrogens is 2. The largest absolute Gasteiger partial charge is 0.253 e. The predicted octanol–water partition coefficient (Wildman–Crippen LogP) is 4.24. The Morgan fingerprint density at radius 3 is 2.59 bits per heavy atom. The maximum absolute atomic E-state index is 4.73. The van der Waals surface area contributed by atoms with Crippen LogP contribution < -0.4 is 0 Å². The first-order valence-electron chi connectivity index (χ1n) is 5.80. The van der Waals surface area contributed by atoms with Crippen LogP contribution in [0.25, 0.3) is 0 Å². The molecule has 0 saturated heterocycles. The molecule has 0 saturated carbocycles. The second-order valence-electron chi connectivity index (χ2n) is 5.39. The fourth-order valence-electron chi connectivity index (χ4n) is 1.58. The third-order valence-corrected chi connectivity index (χ3v) is 4.62. The van der Waals surface area contributed by atoms with Gasteiger partial charge in [0, 0.05) is 28.3 Å². The van der Waals surface area contributed by atoms with Crippen molar-refractivity contribution in [2.75, 3.05) is 0 Å². The van der Waals surface area contributed by atoms with Gasteiger partial charge in [-0.3, -0.25) is 4.98 Å². The molecule has 0 radical (unpaired) electrons. The summed E-state index contributed by atoms with van der Waals surface area (Å²) >= 11 is 3.50. The SMILES string of the molecule is CC(Cc1nc(C(C)(C)C)cs1)c1cncs1. The predicted molar refractivity (Wildman–Crippen MR) is 75.0 cm³/mol. The van der Waals surface area contributed by atoms with Crippen molar-refractivity contribution in [2.24, 2.45) is 0 Å². The molecule has 0 N–H and O–H groups in total. The molecule has 2 aromatic heterocycles. The molecule has 2 heterocycles. The lowest BCUT2D eigenvalue weighted by molar-refractivity contribution is 0.569. The van der Waals surface area contributed by atoms with Gasteiger partial charge in [0.15, 0.2) is 0 Å². The van der Waals surface area contributed by atoms with Crippen molar-refractivity contribution in [3.05, 3.63) is 32.7 Å². The first kappa shape index (κ1) is 12.7. The van der Waals surface area contributed by atoms with E-state index in [0.29, 0.717) is 5.92 Å². The second-order valence-corrected chi connectivity index (χ2v) is 7.25. The molecule has 0 fully saturated rings. The van der Waals surface area contributed by atoms with Crippen LogP contribution >= 0.6 is 22.7 Å². The Morgan fingerprint density at radius 1 is 1.29 bits per heavy atom. The zero-order valence-electron chi connectivity index (χ0n) is 10.7. The zero-order valence-corrected chi connectivity index (χ0v) is 12.4. The van der Waals surface area contributed by atoms with Crippen molar-refractivity contribution in [3.63, 3.8) is 0 Å². The lowest BCUT2D eigenvalue weighted by atomic mass is 9.93. The van der Waals surface area contributed by atoms with Crippen LogP contribution in [-0.4, -0.2) is 9.97 Å². The summed E-state index contributed by atoms with van der Waals surface area (Å²) in [7, 11) is 0. The highest BCUT2D eigenvalue weighted by atomic mass is 32.1. The second kappa shape index (κ2) is 4.86. The van der Waals surface area contributed by atoms with Crippen LogP contribution in [-0.2, 0) is 11.8 Å². The van der Waals surface area contributed by atoms with Crippen LogP contribution in [0.5, 0.6) is 0 Å². The highest BCUT2D eigenvalue weighted by Crippen LogP contribution is 2.28. The summed E-state index contributed by atoms with van der Waals surface area (Å²) in [5, 5.41) is 3.42. The Kier molecular flexibility index (Phi) is 3.64. The van der Waals surface area contributed by atoms with E-state index in [9.17, 15) is 0 Å². The van der Waals surface area contributed by atoms with Crippen molar-refractivity contribution >= 4 is 22.7 Å². The molecule has 0 aliphatic carbocycles. The first-order chi connectivity index (χ1) is 7.97. The highest BCUT2D eigenvalue weighted by molar-refractivity contribution is 7.10. The summed E-state index contributed by atoms with van der Waals surface area (Å²) in [6.07, 6.45) is 2.98. The minimum atomic E-state index is 0.155. The lowest BCUT2D eigenvalue weighted by Gasteiger charge is -2.14. The topological polar surface area (TPSA) is 25.8 Å². The zero-order chi connectivity index (χ0) is 12.5. The van der Waals surface area contributed by atoms with E-state index in [1.807, 2.05) is 11.7 Å². The molecule has 0 spiro atoms. The van der Waals surface area contributed by atoms with E-state index in [4.69, 9.17) is 4.98 Å². The molecule has 0 aliphatic heterocycles. The lowest BCUT2D eigenvalue weighted by Crippen LogP contribution is -2.11. The Labute approximate surface area is 111 Å². The van der Waals surface area contributed by atoms with Crippen LogP contribution in [0, 0.1) is 0 Å². The summed E-state index contributed by atoms with van der Waals surface area (Å²) < 4.78 is 0. The van der Waals surface area contributed by atoms with Crippen LogP contribution in [0.1, 0.15) is 49.2 Å². The van der Waals surface area contributed by atoms with Crippen molar-refractivity contribution in [3.8, 4) is 0 Å². The molecule has 1 atom stereocenters. The molecule has 4 heteroatoms. The van der Waals surface area contributed by atoms with Gasteiger partial charge in [-0.1, -0.05) is 27.7 Å². The van der Waals surface area contributed by atoms with Crippen molar-refractivity contribution in [1.29, 1.82) is 0 Å². The molecular formula is C13H18N2S2. The molecule has 1 unspecified atom stereocenters. The smallest absolute Gasteiger partial charge is 0.0934 e.